The van der Waals surface area contributed by atoms with E-state index in [9.17, 15) is 14.7 Å². The first-order valence-electron chi connectivity index (χ1n) is 14.6. The number of amides is 1. The van der Waals surface area contributed by atoms with Gasteiger partial charge in [-0.25, -0.2) is 4.98 Å². The molecule has 45 heavy (non-hydrogen) atoms. The fourth-order valence-electron chi connectivity index (χ4n) is 5.35. The summed E-state index contributed by atoms with van der Waals surface area (Å²) in [6, 6.07) is 23.5. The van der Waals surface area contributed by atoms with Crippen molar-refractivity contribution in [2.45, 2.75) is 65.1 Å². The van der Waals surface area contributed by atoms with Crippen molar-refractivity contribution >= 4 is 35.1 Å². The van der Waals surface area contributed by atoms with Gasteiger partial charge >= 0.3 is 5.97 Å². The van der Waals surface area contributed by atoms with E-state index in [1.54, 1.807) is 10.9 Å². The van der Waals surface area contributed by atoms with Gasteiger partial charge in [0.15, 0.2) is 17.5 Å². The van der Waals surface area contributed by atoms with Crippen molar-refractivity contribution in [3.8, 4) is 11.1 Å². The molecule has 0 radical (unpaired) electrons. The summed E-state index contributed by atoms with van der Waals surface area (Å²) in [6.07, 6.45) is -0.550. The van der Waals surface area contributed by atoms with E-state index in [0.29, 0.717) is 11.7 Å². The number of esters is 1. The molecule has 2 heterocycles. The van der Waals surface area contributed by atoms with Crippen molar-refractivity contribution in [3.05, 3.63) is 112 Å². The van der Waals surface area contributed by atoms with Crippen LogP contribution in [0.25, 0.3) is 11.1 Å². The number of nitrogens with zero attached hydrogens (tertiary/aromatic N) is 2. The fraction of sp³-hybridized carbons (Fsp3) is 0.324. The van der Waals surface area contributed by atoms with Crippen molar-refractivity contribution in [2.24, 2.45) is 5.92 Å². The van der Waals surface area contributed by atoms with Gasteiger partial charge in [-0.3, -0.25) is 9.59 Å². The van der Waals surface area contributed by atoms with Crippen LogP contribution in [0.5, 0.6) is 0 Å². The number of ether oxygens (including phenoxy) is 3. The van der Waals surface area contributed by atoms with Gasteiger partial charge in [0.25, 0.3) is 5.91 Å². The first-order valence-corrected chi connectivity index (χ1v) is 15.4. The third-order valence-corrected chi connectivity index (χ3v) is 8.60. The van der Waals surface area contributed by atoms with Gasteiger partial charge in [-0.1, -0.05) is 90.8 Å². The molecule has 4 aromatic rings. The zero-order chi connectivity index (χ0) is 32.1. The molecular formula is C34H35Cl2N3O6. The molecule has 3 aromatic carbocycles. The second-order valence-corrected chi connectivity index (χ2v) is 11.8. The van der Waals surface area contributed by atoms with E-state index in [4.69, 9.17) is 37.4 Å². The summed E-state index contributed by atoms with van der Waals surface area (Å²) >= 11 is 12.5. The SMILES string of the molecule is CC(=O)OC(C)C(=O)NCc1cccc(-c2cccc(C3OC(Cn4cnc(Cl)c4Cl)C(C)C(c4ccc(CO)cc4)O3)c2)c1. The average Bonchev–Trinajstić information content (AvgIpc) is 3.36. The molecule has 1 aliphatic rings. The Balaban J connectivity index is 1.38. The number of aliphatic hydroxyl groups is 1. The fourth-order valence-corrected chi connectivity index (χ4v) is 5.67. The second kappa shape index (κ2) is 14.6. The lowest BCUT2D eigenvalue weighted by Crippen LogP contribution is -2.39. The predicted molar refractivity (Wildman–Crippen MR) is 170 cm³/mol. The summed E-state index contributed by atoms with van der Waals surface area (Å²) in [6.45, 7) is 5.55. The third kappa shape index (κ3) is 7.92. The number of hydrogen-bond donors (Lipinski definition) is 2. The Bertz CT molecular complexity index is 1640. The molecule has 9 nitrogen and oxygen atoms in total. The largest absolute Gasteiger partial charge is 0.453 e. The predicted octanol–water partition coefficient (Wildman–Crippen LogP) is 6.41. The molecule has 5 rings (SSSR count). The number of hydrogen-bond acceptors (Lipinski definition) is 7. The lowest BCUT2D eigenvalue weighted by atomic mass is 9.90. The molecule has 5 atom stereocenters. The van der Waals surface area contributed by atoms with E-state index in [0.717, 1.165) is 33.4 Å². The summed E-state index contributed by atoms with van der Waals surface area (Å²) in [5, 5.41) is 12.9. The number of halogens is 2. The first-order chi connectivity index (χ1) is 21.6. The molecule has 0 bridgehead atoms. The summed E-state index contributed by atoms with van der Waals surface area (Å²) in [5.74, 6) is -0.933. The van der Waals surface area contributed by atoms with Gasteiger partial charge in [0.05, 0.1) is 31.7 Å². The first kappa shape index (κ1) is 32.7. The van der Waals surface area contributed by atoms with E-state index in [2.05, 4.69) is 17.2 Å². The molecule has 5 unspecified atom stereocenters. The van der Waals surface area contributed by atoms with Crippen LogP contribution in [0, 0.1) is 5.92 Å². The minimum atomic E-state index is -0.873. The van der Waals surface area contributed by atoms with Crippen LogP contribution in [0.3, 0.4) is 0 Å². The molecule has 1 saturated heterocycles. The number of imidazole rings is 1. The van der Waals surface area contributed by atoms with Gasteiger partial charge in [0, 0.05) is 24.9 Å². The van der Waals surface area contributed by atoms with E-state index in [-0.39, 0.29) is 42.3 Å². The monoisotopic (exact) mass is 651 g/mol. The highest BCUT2D eigenvalue weighted by atomic mass is 35.5. The van der Waals surface area contributed by atoms with Gasteiger partial charge in [0.2, 0.25) is 0 Å². The third-order valence-electron chi connectivity index (χ3n) is 7.83. The second-order valence-electron chi connectivity index (χ2n) is 11.1. The minimum Gasteiger partial charge on any atom is -0.453 e. The van der Waals surface area contributed by atoms with Crippen molar-refractivity contribution in [1.29, 1.82) is 0 Å². The van der Waals surface area contributed by atoms with Crippen LogP contribution in [0.1, 0.15) is 55.4 Å². The Morgan fingerprint density at radius 1 is 1.00 bits per heavy atom. The number of carbonyl (C=O) groups is 2. The molecule has 1 fully saturated rings. The maximum Gasteiger partial charge on any atom is 0.303 e. The lowest BCUT2D eigenvalue weighted by Gasteiger charge is -2.41. The van der Waals surface area contributed by atoms with Gasteiger partial charge in [0.1, 0.15) is 5.15 Å². The van der Waals surface area contributed by atoms with Crippen LogP contribution in [-0.2, 0) is 43.5 Å². The van der Waals surface area contributed by atoms with Crippen LogP contribution in [0.2, 0.25) is 10.3 Å². The van der Waals surface area contributed by atoms with E-state index in [1.165, 1.54) is 13.8 Å². The quantitative estimate of drug-likeness (QED) is 0.191. The highest BCUT2D eigenvalue weighted by Gasteiger charge is 2.39. The molecule has 2 N–H and O–H groups in total. The molecular weight excluding hydrogens is 617 g/mol. The normalized spacial score (nSPS) is 20.4. The smallest absolute Gasteiger partial charge is 0.303 e. The van der Waals surface area contributed by atoms with Crippen LogP contribution < -0.4 is 5.32 Å². The number of aliphatic hydroxyl groups excluding tert-OH is 1. The number of nitrogens with one attached hydrogen (secondary N) is 1. The Morgan fingerprint density at radius 2 is 1.71 bits per heavy atom. The Labute approximate surface area is 272 Å². The maximum absolute atomic E-state index is 12.3. The van der Waals surface area contributed by atoms with E-state index in [1.807, 2.05) is 72.8 Å². The van der Waals surface area contributed by atoms with Crippen LogP contribution in [0.4, 0.5) is 0 Å². The Morgan fingerprint density at radius 3 is 2.38 bits per heavy atom. The van der Waals surface area contributed by atoms with Crippen LogP contribution >= 0.6 is 23.2 Å². The molecule has 1 aliphatic heterocycles. The lowest BCUT2D eigenvalue weighted by molar-refractivity contribution is -0.276. The van der Waals surface area contributed by atoms with Gasteiger partial charge < -0.3 is 29.2 Å². The highest BCUT2D eigenvalue weighted by molar-refractivity contribution is 6.40. The standard InChI is InChI=1S/C34H35Cl2N3O6/c1-20-29(17-39-19-38-31(35)32(39)36)44-34(45-30(20)25-12-10-23(18-40)11-13-25)28-9-5-8-27(15-28)26-7-4-6-24(14-26)16-37-33(42)21(2)43-22(3)41/h4-15,19-21,29-30,34,40H,16-18H2,1-3H3,(H,37,42). The van der Waals surface area contributed by atoms with E-state index >= 15 is 0 Å². The molecule has 1 aromatic heterocycles. The van der Waals surface area contributed by atoms with Crippen molar-refractivity contribution < 1.29 is 28.9 Å². The van der Waals surface area contributed by atoms with Crippen molar-refractivity contribution in [2.75, 3.05) is 0 Å². The van der Waals surface area contributed by atoms with Crippen LogP contribution in [-0.4, -0.2) is 38.7 Å². The zero-order valence-electron chi connectivity index (χ0n) is 25.2. The minimum absolute atomic E-state index is 0.0383. The van der Waals surface area contributed by atoms with Gasteiger partial charge in [-0.15, -0.1) is 0 Å². The zero-order valence-corrected chi connectivity index (χ0v) is 26.7. The summed E-state index contributed by atoms with van der Waals surface area (Å²) in [5.41, 5.74) is 5.42. The Hall–Kier alpha value is -3.73. The molecule has 236 valence electrons. The summed E-state index contributed by atoms with van der Waals surface area (Å²) in [7, 11) is 0. The highest BCUT2D eigenvalue weighted by Crippen LogP contribution is 2.43. The average molecular weight is 653 g/mol. The van der Waals surface area contributed by atoms with Crippen LogP contribution in [0.15, 0.2) is 79.1 Å². The molecule has 0 aliphatic carbocycles. The summed E-state index contributed by atoms with van der Waals surface area (Å²) < 4.78 is 19.9. The number of aromatic nitrogens is 2. The Kier molecular flexibility index (Phi) is 10.6. The van der Waals surface area contributed by atoms with Crippen molar-refractivity contribution in [1.82, 2.24) is 14.9 Å². The molecule has 0 spiro atoms. The molecule has 0 saturated carbocycles. The van der Waals surface area contributed by atoms with E-state index < -0.39 is 18.4 Å². The van der Waals surface area contributed by atoms with Gasteiger partial charge in [-0.05, 0) is 46.9 Å². The molecule has 11 heteroatoms. The molecule has 1 amide bonds. The summed E-state index contributed by atoms with van der Waals surface area (Å²) in [4.78, 5) is 27.6. The number of rotatable bonds is 10. The topological polar surface area (TPSA) is 112 Å². The van der Waals surface area contributed by atoms with Gasteiger partial charge in [-0.2, -0.15) is 0 Å². The number of benzene rings is 3. The number of carbonyl (C=O) groups excluding carboxylic acids is 2. The van der Waals surface area contributed by atoms with Crippen molar-refractivity contribution in [3.63, 3.8) is 0 Å². The maximum atomic E-state index is 12.3.